The minimum absolute atomic E-state index is 0.0749. The third kappa shape index (κ3) is 4.64. The minimum Gasteiger partial charge on any atom is -0.459 e. The van der Waals surface area contributed by atoms with Gasteiger partial charge in [-0.25, -0.2) is 0 Å². The number of piperidine rings is 1. The van der Waals surface area contributed by atoms with Gasteiger partial charge < -0.3 is 29.4 Å². The zero-order chi connectivity index (χ0) is 22.6. The van der Waals surface area contributed by atoms with E-state index in [4.69, 9.17) is 13.9 Å². The standard InChI is InChI=1S/C25H25N3O5/c29-24(26-15-17-7-8-21-23(14-17)33-16-32-21)19-4-1-2-5-20(19)28-11-9-18(10-12-28)27-25(30)22-6-3-13-31-22/h1-8,13-14,18H,9-12,15-16H2,(H,26,29)(H,27,30). The molecular formula is C25H25N3O5. The third-order valence-electron chi connectivity index (χ3n) is 5.95. The van der Waals surface area contributed by atoms with Crippen LogP contribution in [0.2, 0.25) is 0 Å². The van der Waals surface area contributed by atoms with E-state index in [0.717, 1.165) is 42.9 Å². The van der Waals surface area contributed by atoms with Gasteiger partial charge in [-0.1, -0.05) is 18.2 Å². The number of amides is 2. The number of fused-ring (bicyclic) bond motifs is 1. The molecule has 3 heterocycles. The van der Waals surface area contributed by atoms with E-state index in [-0.39, 0.29) is 24.6 Å². The van der Waals surface area contributed by atoms with Crippen molar-refractivity contribution in [3.63, 3.8) is 0 Å². The first-order chi connectivity index (χ1) is 16.2. The number of nitrogens with one attached hydrogen (secondary N) is 2. The third-order valence-corrected chi connectivity index (χ3v) is 5.95. The van der Waals surface area contributed by atoms with Crippen molar-refractivity contribution in [1.29, 1.82) is 0 Å². The summed E-state index contributed by atoms with van der Waals surface area (Å²) in [7, 11) is 0. The first-order valence-corrected chi connectivity index (χ1v) is 11.0. The van der Waals surface area contributed by atoms with Crippen molar-refractivity contribution >= 4 is 17.5 Å². The molecule has 2 aliphatic heterocycles. The molecule has 8 nitrogen and oxygen atoms in total. The van der Waals surface area contributed by atoms with Crippen molar-refractivity contribution in [2.45, 2.75) is 25.4 Å². The molecule has 2 aromatic carbocycles. The van der Waals surface area contributed by atoms with Gasteiger partial charge in [-0.05, 0) is 54.8 Å². The first-order valence-electron chi connectivity index (χ1n) is 11.0. The number of ether oxygens (including phenoxy) is 2. The van der Waals surface area contributed by atoms with E-state index < -0.39 is 0 Å². The average Bonchev–Trinajstić information content (AvgIpc) is 3.55. The molecule has 33 heavy (non-hydrogen) atoms. The molecule has 8 heteroatoms. The van der Waals surface area contributed by atoms with Gasteiger partial charge in [0, 0.05) is 31.4 Å². The zero-order valence-electron chi connectivity index (χ0n) is 18.1. The molecule has 170 valence electrons. The Hall–Kier alpha value is -3.94. The van der Waals surface area contributed by atoms with E-state index in [1.165, 1.54) is 6.26 Å². The van der Waals surface area contributed by atoms with Crippen LogP contribution in [0.3, 0.4) is 0 Å². The number of carbonyl (C=O) groups is 2. The zero-order valence-corrected chi connectivity index (χ0v) is 18.1. The highest BCUT2D eigenvalue weighted by Crippen LogP contribution is 2.32. The molecule has 1 fully saturated rings. The molecule has 2 N–H and O–H groups in total. The Morgan fingerprint density at radius 1 is 0.939 bits per heavy atom. The summed E-state index contributed by atoms with van der Waals surface area (Å²) in [4.78, 5) is 27.4. The maximum atomic E-state index is 13.0. The summed E-state index contributed by atoms with van der Waals surface area (Å²) >= 11 is 0. The van der Waals surface area contributed by atoms with Gasteiger partial charge in [-0.2, -0.15) is 0 Å². The van der Waals surface area contributed by atoms with Crippen molar-refractivity contribution in [1.82, 2.24) is 10.6 Å². The molecule has 0 aliphatic carbocycles. The highest BCUT2D eigenvalue weighted by Gasteiger charge is 2.24. The molecule has 0 saturated carbocycles. The molecule has 0 bridgehead atoms. The van der Waals surface area contributed by atoms with Crippen LogP contribution in [0, 0.1) is 0 Å². The van der Waals surface area contributed by atoms with Crippen molar-refractivity contribution in [3.05, 3.63) is 77.7 Å². The minimum atomic E-state index is -0.193. The van der Waals surface area contributed by atoms with E-state index in [1.54, 1.807) is 12.1 Å². The Balaban J connectivity index is 1.19. The lowest BCUT2D eigenvalue weighted by atomic mass is 10.0. The van der Waals surface area contributed by atoms with Crippen LogP contribution in [0.25, 0.3) is 0 Å². The van der Waals surface area contributed by atoms with Gasteiger partial charge in [0.1, 0.15) is 0 Å². The molecular weight excluding hydrogens is 422 g/mol. The summed E-state index contributed by atoms with van der Waals surface area (Å²) in [5.74, 6) is 1.42. The van der Waals surface area contributed by atoms with Gasteiger partial charge >= 0.3 is 0 Å². The number of carbonyl (C=O) groups excluding carboxylic acids is 2. The van der Waals surface area contributed by atoms with E-state index in [0.29, 0.717) is 23.6 Å². The molecule has 2 aliphatic rings. The normalized spacial score (nSPS) is 15.3. The van der Waals surface area contributed by atoms with Crippen molar-refractivity contribution < 1.29 is 23.5 Å². The fourth-order valence-electron chi connectivity index (χ4n) is 4.20. The van der Waals surface area contributed by atoms with E-state index in [9.17, 15) is 9.59 Å². The Morgan fingerprint density at radius 2 is 1.76 bits per heavy atom. The number of anilines is 1. The highest BCUT2D eigenvalue weighted by molar-refractivity contribution is 5.99. The van der Waals surface area contributed by atoms with Crippen LogP contribution in [0.1, 0.15) is 39.3 Å². The van der Waals surface area contributed by atoms with E-state index in [1.807, 2.05) is 42.5 Å². The second-order valence-corrected chi connectivity index (χ2v) is 8.10. The Bertz CT molecular complexity index is 1140. The molecule has 2 amide bonds. The molecule has 0 spiro atoms. The lowest BCUT2D eigenvalue weighted by Crippen LogP contribution is -2.45. The van der Waals surface area contributed by atoms with Crippen molar-refractivity contribution in [2.24, 2.45) is 0 Å². The molecule has 5 rings (SSSR count). The number of benzene rings is 2. The summed E-state index contributed by atoms with van der Waals surface area (Å²) < 4.78 is 15.9. The van der Waals surface area contributed by atoms with Crippen LogP contribution >= 0.6 is 0 Å². The van der Waals surface area contributed by atoms with Crippen molar-refractivity contribution in [2.75, 3.05) is 24.8 Å². The lowest BCUT2D eigenvalue weighted by molar-refractivity contribution is 0.0902. The van der Waals surface area contributed by atoms with Crippen LogP contribution in [0.4, 0.5) is 5.69 Å². The van der Waals surface area contributed by atoms with Crippen LogP contribution < -0.4 is 25.0 Å². The first kappa shape index (κ1) is 20.9. The predicted octanol–water partition coefficient (Wildman–Crippen LogP) is 3.34. The summed E-state index contributed by atoms with van der Waals surface area (Å²) in [6.45, 7) is 2.11. The highest BCUT2D eigenvalue weighted by atomic mass is 16.7. The van der Waals surface area contributed by atoms with Crippen molar-refractivity contribution in [3.8, 4) is 11.5 Å². The van der Waals surface area contributed by atoms with Gasteiger partial charge in [0.2, 0.25) is 6.79 Å². The average molecular weight is 447 g/mol. The SMILES string of the molecule is O=C(NC1CCN(c2ccccc2C(=O)NCc2ccc3c(c2)OCO3)CC1)c1ccco1. The lowest BCUT2D eigenvalue weighted by Gasteiger charge is -2.34. The van der Waals surface area contributed by atoms with Gasteiger partial charge in [-0.15, -0.1) is 0 Å². The van der Waals surface area contributed by atoms with Crippen LogP contribution in [-0.2, 0) is 6.54 Å². The summed E-state index contributed by atoms with van der Waals surface area (Å²) in [5, 5.41) is 6.04. The van der Waals surface area contributed by atoms with Crippen LogP contribution in [-0.4, -0.2) is 37.7 Å². The number of para-hydroxylation sites is 1. The van der Waals surface area contributed by atoms with Crippen LogP contribution in [0.5, 0.6) is 11.5 Å². The van der Waals surface area contributed by atoms with Gasteiger partial charge in [0.05, 0.1) is 11.8 Å². The maximum absolute atomic E-state index is 13.0. The van der Waals surface area contributed by atoms with Gasteiger partial charge in [0.25, 0.3) is 11.8 Å². The van der Waals surface area contributed by atoms with E-state index in [2.05, 4.69) is 15.5 Å². The monoisotopic (exact) mass is 447 g/mol. The summed E-state index contributed by atoms with van der Waals surface area (Å²) in [6.07, 6.45) is 3.07. The quantitative estimate of drug-likeness (QED) is 0.602. The predicted molar refractivity (Wildman–Crippen MR) is 122 cm³/mol. The molecule has 1 aromatic heterocycles. The second-order valence-electron chi connectivity index (χ2n) is 8.10. The number of rotatable bonds is 6. The maximum Gasteiger partial charge on any atom is 0.287 e. The number of furan rings is 1. The number of hydrogen-bond acceptors (Lipinski definition) is 6. The molecule has 0 radical (unpaired) electrons. The fourth-order valence-corrected chi connectivity index (χ4v) is 4.20. The van der Waals surface area contributed by atoms with Crippen LogP contribution in [0.15, 0.2) is 65.3 Å². The molecule has 1 saturated heterocycles. The van der Waals surface area contributed by atoms with Gasteiger partial charge in [0.15, 0.2) is 17.3 Å². The summed E-state index contributed by atoms with van der Waals surface area (Å²) in [5.41, 5.74) is 2.48. The smallest absolute Gasteiger partial charge is 0.287 e. The largest absolute Gasteiger partial charge is 0.459 e. The number of nitrogens with zero attached hydrogens (tertiary/aromatic N) is 1. The molecule has 0 unspecified atom stereocenters. The molecule has 3 aromatic rings. The topological polar surface area (TPSA) is 93.0 Å². The Labute approximate surface area is 191 Å². The Morgan fingerprint density at radius 3 is 2.58 bits per heavy atom. The van der Waals surface area contributed by atoms with E-state index >= 15 is 0 Å². The molecule has 0 atom stereocenters. The van der Waals surface area contributed by atoms with Gasteiger partial charge in [-0.3, -0.25) is 9.59 Å². The number of hydrogen-bond donors (Lipinski definition) is 2. The fraction of sp³-hybridized carbons (Fsp3) is 0.280. The Kier molecular flexibility index (Phi) is 5.89. The summed E-state index contributed by atoms with van der Waals surface area (Å²) in [6, 6.07) is 16.7. The second kappa shape index (κ2) is 9.28.